The van der Waals surface area contributed by atoms with Crippen molar-refractivity contribution in [2.45, 2.75) is 0 Å². The van der Waals surface area contributed by atoms with Gasteiger partial charge < -0.3 is 0 Å². The normalized spacial score (nSPS) is 2.89. The summed E-state index contributed by atoms with van der Waals surface area (Å²) in [6, 6.07) is 0. The molecular weight excluding hydrogens is 344 g/mol. The van der Waals surface area contributed by atoms with Crippen molar-refractivity contribution in [1.82, 2.24) is 0 Å². The topological polar surface area (TPSA) is 47.6 Å². The zero-order valence-electron chi connectivity index (χ0n) is 3.24. The third-order valence-electron chi connectivity index (χ3n) is 0.0674. The minimum Gasteiger partial charge on any atom is 0 e. The van der Waals surface area contributed by atoms with E-state index in [1.807, 2.05) is 0 Å². The standard InChI is InChI=1S/2CN.BH3.Cu.Fe.Mn.Pd/c2*1-2;;;;;/h;;1H3;;;;. The summed E-state index contributed by atoms with van der Waals surface area (Å²) >= 11 is 0.646. The van der Waals surface area contributed by atoms with E-state index in [-0.39, 0.29) is 63.0 Å². The summed E-state index contributed by atoms with van der Waals surface area (Å²) in [7, 11) is 0. The van der Waals surface area contributed by atoms with E-state index < -0.39 is 0 Å². The molecule has 0 aliphatic rings. The van der Waals surface area contributed by atoms with Crippen LogP contribution in [0.4, 0.5) is 0 Å². The Hall–Kier alpha value is 1.27. The van der Waals surface area contributed by atoms with Gasteiger partial charge in [0.15, 0.2) is 0 Å². The molecule has 9 heavy (non-hydrogen) atoms. The molecule has 0 amide bonds. The molecule has 0 saturated carbocycles. The van der Waals surface area contributed by atoms with Gasteiger partial charge in [-0.3, -0.25) is 0 Å². The fourth-order valence-corrected chi connectivity index (χ4v) is 0.0622. The van der Waals surface area contributed by atoms with E-state index >= 15 is 0 Å². The molecule has 0 aromatic heterocycles. The SMILES string of the molecule is B.N#[C][Cu][C]#N.[Fe].[Mn].[Pd]. The van der Waals surface area contributed by atoms with E-state index in [1.165, 1.54) is 0 Å². The zero-order chi connectivity index (χ0) is 4.12. The molecule has 0 spiro atoms. The van der Waals surface area contributed by atoms with E-state index in [2.05, 4.69) is 0 Å². The van der Waals surface area contributed by atoms with Gasteiger partial charge in [-0.25, -0.2) is 0 Å². The number of rotatable bonds is 0. The van der Waals surface area contributed by atoms with Crippen LogP contribution in [0.5, 0.6) is 0 Å². The van der Waals surface area contributed by atoms with Crippen LogP contribution in [0.1, 0.15) is 0 Å². The summed E-state index contributed by atoms with van der Waals surface area (Å²) < 4.78 is 0. The molecule has 0 heterocycles. The zero-order valence-corrected chi connectivity index (χ0v) is 8.02. The van der Waals surface area contributed by atoms with E-state index in [0.717, 1.165) is 0 Å². The van der Waals surface area contributed by atoms with Gasteiger partial charge in [-0.1, -0.05) is 0 Å². The molecule has 0 aromatic rings. The summed E-state index contributed by atoms with van der Waals surface area (Å²) in [5.41, 5.74) is 0. The van der Waals surface area contributed by atoms with Crippen molar-refractivity contribution < 1.29 is 69.5 Å². The summed E-state index contributed by atoms with van der Waals surface area (Å²) in [4.78, 5) is 3.12. The van der Waals surface area contributed by atoms with Crippen LogP contribution < -0.4 is 0 Å². The average Bonchev–Trinajstić information content (AvgIpc) is 1.41. The van der Waals surface area contributed by atoms with Gasteiger partial charge in [0, 0.05) is 54.6 Å². The molecular formula is C2H3BCuFeMnN2Pd. The van der Waals surface area contributed by atoms with Crippen LogP contribution in [0.2, 0.25) is 0 Å². The van der Waals surface area contributed by atoms with Crippen LogP contribution in [0.25, 0.3) is 0 Å². The smallest absolute Gasteiger partial charge is 0 e. The number of nitrogens with zero attached hydrogens (tertiary/aromatic N) is 2. The van der Waals surface area contributed by atoms with Gasteiger partial charge in [0.2, 0.25) is 0 Å². The Morgan fingerprint density at radius 2 is 1.33 bits per heavy atom. The van der Waals surface area contributed by atoms with Crippen molar-refractivity contribution in [3.05, 3.63) is 0 Å². The third kappa shape index (κ3) is 45.9. The molecule has 2 nitrogen and oxygen atoms in total. The molecule has 0 saturated heterocycles. The Morgan fingerprint density at radius 3 is 1.33 bits per heavy atom. The van der Waals surface area contributed by atoms with Crippen molar-refractivity contribution in [1.29, 1.82) is 10.5 Å². The van der Waals surface area contributed by atoms with Crippen molar-refractivity contribution in [3.63, 3.8) is 0 Å². The maximum atomic E-state index is 7.55. The predicted molar refractivity (Wildman–Crippen MR) is 21.2 cm³/mol. The number of nitriles is 2. The Labute approximate surface area is 97.5 Å². The minimum absolute atomic E-state index is 0. The Balaban J connectivity index is -0.0000000133. The average molecular weight is 347 g/mol. The van der Waals surface area contributed by atoms with Gasteiger partial charge in [0.25, 0.3) is 0 Å². The van der Waals surface area contributed by atoms with Gasteiger partial charge in [-0.05, 0) is 0 Å². The molecule has 0 bridgehead atoms. The molecule has 7 heteroatoms. The second kappa shape index (κ2) is 34.8. The molecule has 0 fully saturated rings. The molecule has 0 atom stereocenters. The molecule has 0 aliphatic heterocycles. The first-order valence-electron chi connectivity index (χ1n) is 0.749. The van der Waals surface area contributed by atoms with Gasteiger partial charge in [0.1, 0.15) is 0 Å². The van der Waals surface area contributed by atoms with Crippen LogP contribution in [0.15, 0.2) is 0 Å². The van der Waals surface area contributed by atoms with Crippen molar-refractivity contribution in [2.75, 3.05) is 0 Å². The molecule has 1 radical (unpaired) electrons. The van der Waals surface area contributed by atoms with Gasteiger partial charge >= 0.3 is 35.4 Å². The Morgan fingerprint density at radius 1 is 1.11 bits per heavy atom. The largest absolute Gasteiger partial charge is 0 e. The third-order valence-corrected chi connectivity index (χ3v) is 0.278. The summed E-state index contributed by atoms with van der Waals surface area (Å²) in [6.07, 6.45) is 0. The molecule has 0 aromatic carbocycles. The summed E-state index contributed by atoms with van der Waals surface area (Å²) in [5, 5.41) is 15.1. The minimum atomic E-state index is 0. The molecule has 0 unspecified atom stereocenters. The second-order valence-corrected chi connectivity index (χ2v) is 0.867. The van der Waals surface area contributed by atoms with Gasteiger partial charge in [-0.15, -0.1) is 0 Å². The summed E-state index contributed by atoms with van der Waals surface area (Å²) in [6.45, 7) is 0. The Bertz CT molecular complexity index is 89.7. The second-order valence-electron chi connectivity index (χ2n) is 0.210. The summed E-state index contributed by atoms with van der Waals surface area (Å²) in [5.74, 6) is 0. The first kappa shape index (κ1) is 31.8. The number of hydrogen-bond donors (Lipinski definition) is 0. The first-order chi connectivity index (χ1) is 2.41. The fourth-order valence-electron chi connectivity index (χ4n) is 0.0151. The Kier molecular flexibility index (Phi) is 123. The van der Waals surface area contributed by atoms with Gasteiger partial charge in [0.05, 0.1) is 8.41 Å². The number of hydrogen-bond acceptors (Lipinski definition) is 2. The van der Waals surface area contributed by atoms with E-state index in [4.69, 9.17) is 10.5 Å². The van der Waals surface area contributed by atoms with E-state index in [9.17, 15) is 0 Å². The monoisotopic (exact) mass is 346 g/mol. The van der Waals surface area contributed by atoms with E-state index in [1.54, 1.807) is 9.94 Å². The van der Waals surface area contributed by atoms with Crippen molar-refractivity contribution in [2.24, 2.45) is 0 Å². The molecule has 60 valence electrons. The fraction of sp³-hybridized carbons (Fsp3) is 0. The first-order valence-corrected chi connectivity index (χ1v) is 1.69. The maximum Gasteiger partial charge on any atom is 0 e. The van der Waals surface area contributed by atoms with E-state index in [0.29, 0.717) is 15.0 Å². The quantitative estimate of drug-likeness (QED) is 0.520. The van der Waals surface area contributed by atoms with Crippen LogP contribution in [-0.2, 0) is 69.5 Å². The van der Waals surface area contributed by atoms with Crippen LogP contribution in [0.3, 0.4) is 0 Å². The molecule has 0 aliphatic carbocycles. The predicted octanol–water partition coefficient (Wildman–Crippen LogP) is -1.16. The maximum absolute atomic E-state index is 7.55. The van der Waals surface area contributed by atoms with Crippen LogP contribution >= 0.6 is 0 Å². The van der Waals surface area contributed by atoms with Gasteiger partial charge in [-0.2, -0.15) is 0 Å². The van der Waals surface area contributed by atoms with Crippen molar-refractivity contribution in [3.8, 4) is 9.94 Å². The molecule has 0 N–H and O–H groups in total. The van der Waals surface area contributed by atoms with Crippen LogP contribution in [-0.4, -0.2) is 8.41 Å². The molecule has 0 rings (SSSR count). The van der Waals surface area contributed by atoms with Crippen molar-refractivity contribution >= 4 is 8.41 Å². The van der Waals surface area contributed by atoms with Crippen LogP contribution in [0, 0.1) is 20.5 Å².